The molecule has 2 unspecified atom stereocenters. The fraction of sp³-hybridized carbons (Fsp3) is 1.00. The van der Waals surface area contributed by atoms with E-state index in [9.17, 15) is 8.42 Å². The molecule has 4 heteroatoms. The molecule has 96 valence electrons. The summed E-state index contributed by atoms with van der Waals surface area (Å²) < 4.78 is 24.4. The molecule has 3 nitrogen and oxygen atoms in total. The van der Waals surface area contributed by atoms with Gasteiger partial charge in [-0.2, -0.15) is 0 Å². The molecule has 1 aliphatic carbocycles. The molecule has 2 atom stereocenters. The maximum Gasteiger partial charge on any atom is 0.154 e. The van der Waals surface area contributed by atoms with Crippen molar-refractivity contribution >= 4 is 9.84 Å². The molecule has 0 aliphatic heterocycles. The Morgan fingerprint density at radius 2 is 1.56 bits per heavy atom. The number of nitrogens with two attached hydrogens (primary N) is 1. The number of rotatable bonds is 3. The van der Waals surface area contributed by atoms with Gasteiger partial charge in [-0.05, 0) is 44.9 Å². The summed E-state index contributed by atoms with van der Waals surface area (Å²) in [5.74, 6) is 1.14. The second kappa shape index (κ2) is 4.65. The monoisotopic (exact) mass is 247 g/mol. The predicted octanol–water partition coefficient (Wildman–Crippen LogP) is 1.96. The Morgan fingerprint density at radius 3 is 1.94 bits per heavy atom. The van der Waals surface area contributed by atoms with Crippen LogP contribution in [0.15, 0.2) is 0 Å². The molecule has 0 bridgehead atoms. The summed E-state index contributed by atoms with van der Waals surface area (Å²) in [5.41, 5.74) is 5.20. The van der Waals surface area contributed by atoms with Crippen LogP contribution in [0.3, 0.4) is 0 Å². The van der Waals surface area contributed by atoms with E-state index in [-0.39, 0.29) is 11.0 Å². The standard InChI is InChI=1S/C12H25NO2S/c1-9-5-10(2)7-11(6-9)16(14,15)8-12(3,4)13/h9-11H,5-8,13H2,1-4H3. The molecule has 0 heterocycles. The van der Waals surface area contributed by atoms with Crippen LogP contribution in [0.25, 0.3) is 0 Å². The smallest absolute Gasteiger partial charge is 0.154 e. The molecule has 0 aromatic heterocycles. The molecule has 0 aromatic rings. The lowest BCUT2D eigenvalue weighted by Gasteiger charge is -2.32. The van der Waals surface area contributed by atoms with Crippen LogP contribution in [-0.2, 0) is 9.84 Å². The van der Waals surface area contributed by atoms with Crippen LogP contribution >= 0.6 is 0 Å². The summed E-state index contributed by atoms with van der Waals surface area (Å²) in [6.07, 6.45) is 2.77. The maximum atomic E-state index is 12.2. The highest BCUT2D eigenvalue weighted by molar-refractivity contribution is 7.92. The minimum Gasteiger partial charge on any atom is -0.325 e. The van der Waals surface area contributed by atoms with Crippen LogP contribution < -0.4 is 5.73 Å². The first-order valence-corrected chi connectivity index (χ1v) is 7.82. The number of hydrogen-bond donors (Lipinski definition) is 1. The van der Waals surface area contributed by atoms with Crippen LogP contribution in [0.4, 0.5) is 0 Å². The van der Waals surface area contributed by atoms with Crippen molar-refractivity contribution < 1.29 is 8.42 Å². The first-order valence-electron chi connectivity index (χ1n) is 6.10. The lowest BCUT2D eigenvalue weighted by atomic mass is 9.83. The molecule has 16 heavy (non-hydrogen) atoms. The molecule has 0 radical (unpaired) electrons. The van der Waals surface area contributed by atoms with Gasteiger partial charge in [0.05, 0.1) is 11.0 Å². The van der Waals surface area contributed by atoms with Crippen molar-refractivity contribution in [3.63, 3.8) is 0 Å². The Balaban J connectivity index is 2.76. The van der Waals surface area contributed by atoms with Gasteiger partial charge in [-0.15, -0.1) is 0 Å². The first-order chi connectivity index (χ1) is 7.10. The van der Waals surface area contributed by atoms with Crippen molar-refractivity contribution in [2.24, 2.45) is 17.6 Å². The van der Waals surface area contributed by atoms with Crippen LogP contribution in [0.5, 0.6) is 0 Å². The second-order valence-electron chi connectivity index (χ2n) is 6.34. The summed E-state index contributed by atoms with van der Waals surface area (Å²) in [6, 6.07) is 0. The molecule has 1 saturated carbocycles. The average molecular weight is 247 g/mol. The summed E-state index contributed by atoms with van der Waals surface area (Å²) in [7, 11) is -3.03. The van der Waals surface area contributed by atoms with Gasteiger partial charge in [0, 0.05) is 5.54 Å². The van der Waals surface area contributed by atoms with Gasteiger partial charge in [-0.1, -0.05) is 13.8 Å². The van der Waals surface area contributed by atoms with E-state index in [1.165, 1.54) is 0 Å². The molecular weight excluding hydrogens is 222 g/mol. The van der Waals surface area contributed by atoms with Crippen LogP contribution in [0.2, 0.25) is 0 Å². The zero-order valence-corrected chi connectivity index (χ0v) is 11.7. The summed E-state index contributed by atoms with van der Waals surface area (Å²) in [5, 5.41) is -0.172. The van der Waals surface area contributed by atoms with Gasteiger partial charge in [-0.25, -0.2) is 8.42 Å². The zero-order chi connectivity index (χ0) is 12.6. The van der Waals surface area contributed by atoms with Gasteiger partial charge in [0.15, 0.2) is 9.84 Å². The van der Waals surface area contributed by atoms with Crippen molar-refractivity contribution in [3.8, 4) is 0 Å². The van der Waals surface area contributed by atoms with Crippen LogP contribution in [-0.4, -0.2) is 25.0 Å². The van der Waals surface area contributed by atoms with E-state index in [4.69, 9.17) is 5.73 Å². The Bertz CT molecular complexity index is 319. The minimum atomic E-state index is -3.03. The first kappa shape index (κ1) is 14.0. The van der Waals surface area contributed by atoms with E-state index < -0.39 is 15.4 Å². The lowest BCUT2D eigenvalue weighted by molar-refractivity contribution is 0.300. The fourth-order valence-corrected chi connectivity index (χ4v) is 5.32. The van der Waals surface area contributed by atoms with Gasteiger partial charge >= 0.3 is 0 Å². The molecule has 1 rings (SSSR count). The second-order valence-corrected chi connectivity index (χ2v) is 8.62. The third-order valence-corrected chi connectivity index (χ3v) is 5.76. The van der Waals surface area contributed by atoms with Crippen LogP contribution in [0.1, 0.15) is 47.0 Å². The van der Waals surface area contributed by atoms with Crippen molar-refractivity contribution in [2.45, 2.75) is 57.7 Å². The Hall–Kier alpha value is -0.0900. The van der Waals surface area contributed by atoms with E-state index in [1.807, 2.05) is 0 Å². The quantitative estimate of drug-likeness (QED) is 0.829. The highest BCUT2D eigenvalue weighted by Crippen LogP contribution is 2.33. The SMILES string of the molecule is CC1CC(C)CC(S(=O)(=O)CC(C)(C)N)C1. The molecule has 1 aliphatic rings. The van der Waals surface area contributed by atoms with E-state index in [2.05, 4.69) is 13.8 Å². The van der Waals surface area contributed by atoms with Gasteiger partial charge in [-0.3, -0.25) is 0 Å². The normalized spacial score (nSPS) is 32.7. The molecule has 0 spiro atoms. The van der Waals surface area contributed by atoms with E-state index in [0.717, 1.165) is 19.3 Å². The van der Waals surface area contributed by atoms with Crippen LogP contribution in [0, 0.1) is 11.8 Å². The van der Waals surface area contributed by atoms with Crippen molar-refractivity contribution in [1.82, 2.24) is 0 Å². The van der Waals surface area contributed by atoms with Gasteiger partial charge in [0.1, 0.15) is 0 Å². The highest BCUT2D eigenvalue weighted by Gasteiger charge is 2.35. The summed E-state index contributed by atoms with van der Waals surface area (Å²) in [6.45, 7) is 7.85. The maximum absolute atomic E-state index is 12.2. The van der Waals surface area contributed by atoms with Gasteiger partial charge in [0.25, 0.3) is 0 Å². The molecule has 0 saturated heterocycles. The van der Waals surface area contributed by atoms with E-state index in [1.54, 1.807) is 13.8 Å². The highest BCUT2D eigenvalue weighted by atomic mass is 32.2. The van der Waals surface area contributed by atoms with E-state index >= 15 is 0 Å². The topological polar surface area (TPSA) is 60.2 Å². The summed E-state index contributed by atoms with van der Waals surface area (Å²) >= 11 is 0. The average Bonchev–Trinajstić information content (AvgIpc) is 1.96. The Kier molecular flexibility index (Phi) is 4.06. The summed E-state index contributed by atoms with van der Waals surface area (Å²) in [4.78, 5) is 0. The number of hydrogen-bond acceptors (Lipinski definition) is 3. The molecular formula is C12H25NO2S. The largest absolute Gasteiger partial charge is 0.325 e. The van der Waals surface area contributed by atoms with Crippen molar-refractivity contribution in [1.29, 1.82) is 0 Å². The molecule has 0 aromatic carbocycles. The van der Waals surface area contributed by atoms with E-state index in [0.29, 0.717) is 11.8 Å². The molecule has 0 amide bonds. The Morgan fingerprint density at radius 1 is 1.12 bits per heavy atom. The van der Waals surface area contributed by atoms with Crippen molar-refractivity contribution in [2.75, 3.05) is 5.75 Å². The molecule has 1 fully saturated rings. The third kappa shape index (κ3) is 4.06. The fourth-order valence-electron chi connectivity index (χ4n) is 2.80. The number of sulfone groups is 1. The predicted molar refractivity (Wildman–Crippen MR) is 68.0 cm³/mol. The third-order valence-electron chi connectivity index (χ3n) is 3.22. The minimum absolute atomic E-state index is 0.101. The van der Waals surface area contributed by atoms with Gasteiger partial charge < -0.3 is 5.73 Å². The van der Waals surface area contributed by atoms with Crippen molar-refractivity contribution in [3.05, 3.63) is 0 Å². The lowest BCUT2D eigenvalue weighted by Crippen LogP contribution is -2.44. The molecule has 2 N–H and O–H groups in total. The van der Waals surface area contributed by atoms with Gasteiger partial charge in [0.2, 0.25) is 0 Å². The Labute approximate surface area is 99.7 Å². The zero-order valence-electron chi connectivity index (χ0n) is 10.9.